The van der Waals surface area contributed by atoms with Gasteiger partial charge in [-0.3, -0.25) is 0 Å². The molecule has 3 heterocycles. The molecule has 0 atom stereocenters. The van der Waals surface area contributed by atoms with Crippen molar-refractivity contribution in [2.45, 2.75) is 32.6 Å². The lowest BCUT2D eigenvalue weighted by Crippen LogP contribution is -2.44. The van der Waals surface area contributed by atoms with E-state index in [0.29, 0.717) is 5.41 Å². The number of aryl methyl sites for hydroxylation is 1. The van der Waals surface area contributed by atoms with Crippen molar-refractivity contribution in [1.82, 2.24) is 9.97 Å². The van der Waals surface area contributed by atoms with Crippen LogP contribution in [0.1, 0.15) is 31.1 Å². The van der Waals surface area contributed by atoms with Crippen LogP contribution in [0.3, 0.4) is 0 Å². The molecule has 2 aromatic heterocycles. The van der Waals surface area contributed by atoms with Gasteiger partial charge in [-0.15, -0.1) is 11.3 Å². The third kappa shape index (κ3) is 3.16. The average molecular weight is 393 g/mol. The van der Waals surface area contributed by atoms with Crippen LogP contribution in [0.25, 0.3) is 10.2 Å². The Morgan fingerprint density at radius 1 is 1.21 bits per heavy atom. The summed E-state index contributed by atoms with van der Waals surface area (Å²) in [7, 11) is 2.22. The predicted molar refractivity (Wildman–Crippen MR) is 118 cm³/mol. The molecule has 1 saturated heterocycles. The molecule has 146 valence electrons. The number of benzene rings is 1. The summed E-state index contributed by atoms with van der Waals surface area (Å²) in [6, 6.07) is 13.1. The maximum Gasteiger partial charge on any atom is 0.140 e. The average Bonchev–Trinajstić information content (AvgIpc) is 3.32. The molecule has 1 aromatic carbocycles. The molecule has 0 unspecified atom stereocenters. The number of para-hydroxylation sites is 1. The van der Waals surface area contributed by atoms with Gasteiger partial charge in [0.05, 0.1) is 5.39 Å². The van der Waals surface area contributed by atoms with Crippen LogP contribution in [0.4, 0.5) is 11.5 Å². The fourth-order valence-corrected chi connectivity index (χ4v) is 6.17. The lowest BCUT2D eigenvalue weighted by molar-refractivity contribution is 0.0837. The fraction of sp³-hybridized carbons (Fsp3) is 0.478. The molecule has 0 bridgehead atoms. The number of aromatic nitrogens is 2. The molecule has 0 amide bonds. The summed E-state index contributed by atoms with van der Waals surface area (Å²) in [6.45, 7) is 5.66. The van der Waals surface area contributed by atoms with Gasteiger partial charge in [0, 0.05) is 37.2 Å². The van der Waals surface area contributed by atoms with Crippen LogP contribution in [0.5, 0.6) is 0 Å². The van der Waals surface area contributed by atoms with Gasteiger partial charge in [0.15, 0.2) is 0 Å². The van der Waals surface area contributed by atoms with E-state index in [1.165, 1.54) is 35.2 Å². The summed E-state index contributed by atoms with van der Waals surface area (Å²) in [5.41, 5.74) is 1.83. The van der Waals surface area contributed by atoms with Gasteiger partial charge in [0.25, 0.3) is 0 Å². The van der Waals surface area contributed by atoms with Gasteiger partial charge >= 0.3 is 0 Å². The first-order valence-corrected chi connectivity index (χ1v) is 11.2. The first-order valence-electron chi connectivity index (χ1n) is 10.4. The van der Waals surface area contributed by atoms with Gasteiger partial charge in [-0.25, -0.2) is 9.97 Å². The van der Waals surface area contributed by atoms with Crippen LogP contribution >= 0.6 is 11.3 Å². The molecule has 5 rings (SSSR count). The molecular weight excluding hydrogens is 364 g/mol. The Morgan fingerprint density at radius 2 is 2.04 bits per heavy atom. The molecule has 2 aliphatic rings. The highest BCUT2D eigenvalue weighted by atomic mass is 32.1. The summed E-state index contributed by atoms with van der Waals surface area (Å²) in [4.78, 5) is 16.7. The Labute approximate surface area is 171 Å². The van der Waals surface area contributed by atoms with E-state index in [4.69, 9.17) is 0 Å². The van der Waals surface area contributed by atoms with E-state index in [2.05, 4.69) is 70.1 Å². The Hall–Kier alpha value is -2.14. The van der Waals surface area contributed by atoms with Crippen molar-refractivity contribution in [3.05, 3.63) is 47.6 Å². The zero-order valence-electron chi connectivity index (χ0n) is 16.8. The van der Waals surface area contributed by atoms with Crippen LogP contribution in [-0.4, -0.2) is 36.6 Å². The van der Waals surface area contributed by atoms with E-state index >= 15 is 0 Å². The van der Waals surface area contributed by atoms with Crippen molar-refractivity contribution in [2.24, 2.45) is 11.3 Å². The molecule has 1 aliphatic heterocycles. The quantitative estimate of drug-likeness (QED) is 0.612. The van der Waals surface area contributed by atoms with Crippen LogP contribution in [-0.2, 0) is 6.42 Å². The maximum atomic E-state index is 4.68. The van der Waals surface area contributed by atoms with Gasteiger partial charge in [-0.05, 0) is 55.2 Å². The molecule has 5 heteroatoms. The van der Waals surface area contributed by atoms with E-state index in [-0.39, 0.29) is 0 Å². The minimum absolute atomic E-state index is 0.503. The van der Waals surface area contributed by atoms with Gasteiger partial charge in [0.1, 0.15) is 17.0 Å². The highest BCUT2D eigenvalue weighted by Crippen LogP contribution is 2.53. The molecule has 0 radical (unpaired) electrons. The highest BCUT2D eigenvalue weighted by Gasteiger charge is 2.48. The number of thiophene rings is 1. The second kappa shape index (κ2) is 7.03. The SMILES string of the molecule is CCc1cc2c(N3CCC4(CC(CN(C)c5ccccc5)C4)C3)ncnc2s1. The molecule has 1 saturated carbocycles. The second-order valence-electron chi connectivity index (χ2n) is 8.64. The first-order chi connectivity index (χ1) is 13.7. The number of nitrogens with zero attached hydrogens (tertiary/aromatic N) is 4. The molecule has 0 N–H and O–H groups in total. The van der Waals surface area contributed by atoms with Crippen LogP contribution < -0.4 is 9.80 Å². The normalized spacial score (nSPS) is 24.1. The van der Waals surface area contributed by atoms with Crippen molar-refractivity contribution < 1.29 is 0 Å². The zero-order chi connectivity index (χ0) is 19.1. The molecule has 1 spiro atoms. The van der Waals surface area contributed by atoms with Gasteiger partial charge in [0.2, 0.25) is 0 Å². The van der Waals surface area contributed by atoms with E-state index in [1.807, 2.05) is 11.3 Å². The summed E-state index contributed by atoms with van der Waals surface area (Å²) < 4.78 is 0. The minimum atomic E-state index is 0.503. The Bertz CT molecular complexity index is 961. The van der Waals surface area contributed by atoms with Crippen molar-refractivity contribution >= 4 is 33.1 Å². The Balaban J connectivity index is 1.24. The van der Waals surface area contributed by atoms with E-state index in [9.17, 15) is 0 Å². The maximum absolute atomic E-state index is 4.68. The number of hydrogen-bond donors (Lipinski definition) is 0. The fourth-order valence-electron chi connectivity index (χ4n) is 5.24. The smallest absolute Gasteiger partial charge is 0.140 e. The van der Waals surface area contributed by atoms with E-state index in [0.717, 1.165) is 42.6 Å². The van der Waals surface area contributed by atoms with Crippen molar-refractivity contribution in [1.29, 1.82) is 0 Å². The van der Waals surface area contributed by atoms with Crippen molar-refractivity contribution in [3.8, 4) is 0 Å². The number of rotatable bonds is 5. The minimum Gasteiger partial charge on any atom is -0.374 e. The van der Waals surface area contributed by atoms with Crippen LogP contribution in [0.15, 0.2) is 42.7 Å². The van der Waals surface area contributed by atoms with Gasteiger partial charge in [-0.1, -0.05) is 25.1 Å². The molecule has 28 heavy (non-hydrogen) atoms. The van der Waals surface area contributed by atoms with E-state index < -0.39 is 0 Å². The lowest BCUT2D eigenvalue weighted by atomic mass is 9.61. The summed E-state index contributed by atoms with van der Waals surface area (Å²) in [5.74, 6) is 1.96. The summed E-state index contributed by atoms with van der Waals surface area (Å²) >= 11 is 1.81. The molecule has 1 aliphatic carbocycles. The van der Waals surface area contributed by atoms with Crippen molar-refractivity contribution in [3.63, 3.8) is 0 Å². The second-order valence-corrected chi connectivity index (χ2v) is 9.76. The third-order valence-electron chi connectivity index (χ3n) is 6.62. The molecule has 2 fully saturated rings. The number of hydrogen-bond acceptors (Lipinski definition) is 5. The molecular formula is C23H28N4S. The number of anilines is 2. The first kappa shape index (κ1) is 17.9. The van der Waals surface area contributed by atoms with Gasteiger partial charge in [-0.2, -0.15) is 0 Å². The zero-order valence-corrected chi connectivity index (χ0v) is 17.6. The number of fused-ring (bicyclic) bond motifs is 1. The highest BCUT2D eigenvalue weighted by molar-refractivity contribution is 7.18. The standard InChI is InChI=1S/C23H28N4S/c1-3-19-11-20-21(24-16-25-22(20)28-19)27-10-9-23(15-27)12-17(13-23)14-26(2)18-7-5-4-6-8-18/h4-8,11,16-17H,3,9-10,12-15H2,1-2H3. The lowest BCUT2D eigenvalue weighted by Gasteiger charge is -2.46. The topological polar surface area (TPSA) is 32.3 Å². The Kier molecular flexibility index (Phi) is 4.50. The van der Waals surface area contributed by atoms with E-state index in [1.54, 1.807) is 6.33 Å². The third-order valence-corrected chi connectivity index (χ3v) is 7.81. The monoisotopic (exact) mass is 392 g/mol. The predicted octanol–water partition coefficient (Wildman–Crippen LogP) is 5.00. The largest absolute Gasteiger partial charge is 0.374 e. The summed E-state index contributed by atoms with van der Waals surface area (Å²) in [6.07, 6.45) is 6.81. The Morgan fingerprint density at radius 3 is 2.82 bits per heavy atom. The van der Waals surface area contributed by atoms with Crippen LogP contribution in [0, 0.1) is 11.3 Å². The van der Waals surface area contributed by atoms with Crippen molar-refractivity contribution in [2.75, 3.05) is 36.5 Å². The molecule has 4 nitrogen and oxygen atoms in total. The summed E-state index contributed by atoms with van der Waals surface area (Å²) in [5, 5.41) is 1.25. The molecule has 3 aromatic rings. The van der Waals surface area contributed by atoms with Gasteiger partial charge < -0.3 is 9.80 Å². The van der Waals surface area contributed by atoms with Crippen LogP contribution in [0.2, 0.25) is 0 Å².